The molecule has 1 aliphatic carbocycles. The number of carbonyl (C=O) groups is 3. The minimum atomic E-state index is -0.848. The summed E-state index contributed by atoms with van der Waals surface area (Å²) in [5.74, 6) is -0.812. The number of likely N-dealkylation sites (tertiary alicyclic amines) is 1. The van der Waals surface area contributed by atoms with Crippen molar-refractivity contribution in [2.45, 2.75) is 58.4 Å². The summed E-state index contributed by atoms with van der Waals surface area (Å²) in [4.78, 5) is 39.6. The molecule has 2 fully saturated rings. The van der Waals surface area contributed by atoms with E-state index < -0.39 is 11.9 Å². The summed E-state index contributed by atoms with van der Waals surface area (Å²) in [6.45, 7) is 6.50. The van der Waals surface area contributed by atoms with E-state index in [1.807, 2.05) is 59.7 Å². The van der Waals surface area contributed by atoms with Crippen molar-refractivity contribution in [3.8, 4) is 5.75 Å². The minimum absolute atomic E-state index is 0.00859. The number of amides is 2. The van der Waals surface area contributed by atoms with E-state index in [4.69, 9.17) is 4.74 Å². The van der Waals surface area contributed by atoms with Gasteiger partial charge in [-0.2, -0.15) is 0 Å². The highest BCUT2D eigenvalue weighted by Crippen LogP contribution is 2.36. The van der Waals surface area contributed by atoms with Crippen LogP contribution in [-0.2, 0) is 16.1 Å². The van der Waals surface area contributed by atoms with Crippen LogP contribution in [0.5, 0.6) is 5.75 Å². The molecule has 8 nitrogen and oxygen atoms in total. The van der Waals surface area contributed by atoms with Crippen molar-refractivity contribution in [1.82, 2.24) is 9.47 Å². The molecule has 2 aliphatic rings. The van der Waals surface area contributed by atoms with Gasteiger partial charge < -0.3 is 24.6 Å². The van der Waals surface area contributed by atoms with Crippen molar-refractivity contribution in [2.75, 3.05) is 25.0 Å². The molecule has 1 saturated carbocycles. The molecule has 0 unspecified atom stereocenters. The molecule has 1 saturated heterocycles. The van der Waals surface area contributed by atoms with Crippen LogP contribution in [0.3, 0.4) is 0 Å². The number of hydrogen-bond acceptors (Lipinski definition) is 4. The molecular weight excluding hydrogens is 494 g/mol. The van der Waals surface area contributed by atoms with Gasteiger partial charge >= 0.3 is 5.97 Å². The minimum Gasteiger partial charge on any atom is -0.493 e. The molecule has 39 heavy (non-hydrogen) atoms. The quantitative estimate of drug-likeness (QED) is 0.399. The van der Waals surface area contributed by atoms with Gasteiger partial charge in [0.25, 0.3) is 5.91 Å². The van der Waals surface area contributed by atoms with E-state index in [2.05, 4.69) is 17.4 Å². The number of benzene rings is 2. The van der Waals surface area contributed by atoms with Crippen LogP contribution >= 0.6 is 0 Å². The number of fused-ring (bicyclic) bond motifs is 1. The molecule has 0 spiro atoms. The lowest BCUT2D eigenvalue weighted by Gasteiger charge is -2.34. The van der Waals surface area contributed by atoms with E-state index in [0.717, 1.165) is 41.6 Å². The predicted octanol–water partition coefficient (Wildman–Crippen LogP) is 5.52. The molecule has 206 valence electrons. The molecule has 2 heterocycles. The molecule has 0 bridgehead atoms. The first-order valence-electron chi connectivity index (χ1n) is 14.1. The lowest BCUT2D eigenvalue weighted by molar-refractivity contribution is -0.149. The second-order valence-electron chi connectivity index (χ2n) is 10.6. The average Bonchev–Trinajstić information content (AvgIpc) is 3.59. The Morgan fingerprint density at radius 1 is 0.974 bits per heavy atom. The van der Waals surface area contributed by atoms with Crippen molar-refractivity contribution < 1.29 is 24.2 Å². The first kappa shape index (κ1) is 26.8. The van der Waals surface area contributed by atoms with Gasteiger partial charge in [-0.25, -0.2) is 0 Å². The fourth-order valence-corrected chi connectivity index (χ4v) is 6.32. The highest BCUT2D eigenvalue weighted by molar-refractivity contribution is 6.07. The van der Waals surface area contributed by atoms with Crippen LogP contribution in [-0.4, -0.2) is 52.1 Å². The number of carboxylic acid groups (broad SMARTS) is 1. The molecule has 2 amide bonds. The molecule has 2 N–H and O–H groups in total. The number of hydrogen-bond donors (Lipinski definition) is 2. The summed E-state index contributed by atoms with van der Waals surface area (Å²) in [5.41, 5.74) is 3.48. The largest absolute Gasteiger partial charge is 0.493 e. The van der Waals surface area contributed by atoms with Crippen molar-refractivity contribution in [1.29, 1.82) is 0 Å². The number of ether oxygens (including phenoxy) is 1. The molecule has 1 aromatic heterocycles. The van der Waals surface area contributed by atoms with E-state index in [1.54, 1.807) is 0 Å². The number of nitrogens with one attached hydrogen (secondary N) is 1. The number of nitrogens with zero attached hydrogens (tertiary/aromatic N) is 2. The lowest BCUT2D eigenvalue weighted by atomic mass is 9.88. The monoisotopic (exact) mass is 531 g/mol. The molecule has 5 rings (SSSR count). The Kier molecular flexibility index (Phi) is 7.91. The van der Waals surface area contributed by atoms with Gasteiger partial charge in [0, 0.05) is 30.7 Å². The Balaban J connectivity index is 1.21. The molecule has 0 radical (unpaired) electrons. The summed E-state index contributed by atoms with van der Waals surface area (Å²) in [6, 6.07) is 15.7. The molecule has 2 atom stereocenters. The van der Waals surface area contributed by atoms with Crippen LogP contribution in [0, 0.1) is 11.8 Å². The highest BCUT2D eigenvalue weighted by Gasteiger charge is 2.40. The summed E-state index contributed by atoms with van der Waals surface area (Å²) in [7, 11) is 0. The number of aromatic nitrogens is 1. The maximum absolute atomic E-state index is 13.2. The second-order valence-corrected chi connectivity index (χ2v) is 10.6. The van der Waals surface area contributed by atoms with E-state index >= 15 is 0 Å². The van der Waals surface area contributed by atoms with Crippen LogP contribution < -0.4 is 10.1 Å². The predicted molar refractivity (Wildman–Crippen MR) is 150 cm³/mol. The zero-order chi connectivity index (χ0) is 27.5. The average molecular weight is 532 g/mol. The van der Waals surface area contributed by atoms with E-state index in [-0.39, 0.29) is 17.7 Å². The van der Waals surface area contributed by atoms with Gasteiger partial charge in [0.1, 0.15) is 11.4 Å². The van der Waals surface area contributed by atoms with Gasteiger partial charge in [0.15, 0.2) is 0 Å². The SMILES string of the molecule is CCOc1cccc2c1cc(C(=O)Nc1ccc(C3CCN(C(=O)[C@@H]4CCC[C@H]4C(=O)O)CC3)cc1)n2CC. The highest BCUT2D eigenvalue weighted by atomic mass is 16.5. The zero-order valence-corrected chi connectivity index (χ0v) is 22.7. The first-order valence-corrected chi connectivity index (χ1v) is 14.1. The molecule has 1 aliphatic heterocycles. The van der Waals surface area contributed by atoms with E-state index in [9.17, 15) is 19.5 Å². The van der Waals surface area contributed by atoms with E-state index in [0.29, 0.717) is 50.7 Å². The third-order valence-corrected chi connectivity index (χ3v) is 8.35. The standard InChI is InChI=1S/C31H37N3O5/c1-3-34-26-9-6-10-28(39-4-2)25(26)19-27(34)29(35)32-22-13-11-20(12-14-22)21-15-17-33(18-16-21)30(36)23-7-5-8-24(23)31(37)38/h6,9-14,19,21,23-24H,3-5,7-8,15-18H2,1-2H3,(H,32,35)(H,37,38)/t23-,24-/m1/s1. The lowest BCUT2D eigenvalue weighted by Crippen LogP contribution is -2.43. The first-order chi connectivity index (χ1) is 18.9. The number of piperidine rings is 1. The Hall–Kier alpha value is -3.81. The normalized spacial score (nSPS) is 19.8. The van der Waals surface area contributed by atoms with Crippen LogP contribution in [0.25, 0.3) is 10.9 Å². The van der Waals surface area contributed by atoms with Crippen molar-refractivity contribution >= 4 is 34.4 Å². The van der Waals surface area contributed by atoms with Crippen LogP contribution in [0.1, 0.15) is 67.9 Å². The summed E-state index contributed by atoms with van der Waals surface area (Å²) >= 11 is 0. The van der Waals surface area contributed by atoms with Crippen LogP contribution in [0.4, 0.5) is 5.69 Å². The number of anilines is 1. The fourth-order valence-electron chi connectivity index (χ4n) is 6.32. The molecule has 2 aromatic carbocycles. The van der Waals surface area contributed by atoms with Gasteiger partial charge in [0.05, 0.1) is 24.0 Å². The van der Waals surface area contributed by atoms with Crippen LogP contribution in [0.2, 0.25) is 0 Å². The van der Waals surface area contributed by atoms with E-state index in [1.165, 1.54) is 5.56 Å². The number of rotatable bonds is 8. The molecule has 3 aromatic rings. The number of carbonyl (C=O) groups excluding carboxylic acids is 2. The maximum Gasteiger partial charge on any atom is 0.307 e. The number of aliphatic carboxylic acids is 1. The Bertz CT molecular complexity index is 1350. The Labute approximate surface area is 228 Å². The summed E-state index contributed by atoms with van der Waals surface area (Å²) in [6.07, 6.45) is 3.78. The fraction of sp³-hybridized carbons (Fsp3) is 0.452. The Morgan fingerprint density at radius 2 is 1.69 bits per heavy atom. The third kappa shape index (κ3) is 5.37. The van der Waals surface area contributed by atoms with Crippen molar-refractivity contribution in [3.63, 3.8) is 0 Å². The number of carboxylic acids is 1. The van der Waals surface area contributed by atoms with Gasteiger partial charge in [-0.15, -0.1) is 0 Å². The second kappa shape index (κ2) is 11.5. The maximum atomic E-state index is 13.2. The third-order valence-electron chi connectivity index (χ3n) is 8.35. The summed E-state index contributed by atoms with van der Waals surface area (Å²) < 4.78 is 7.77. The topological polar surface area (TPSA) is 101 Å². The Morgan fingerprint density at radius 3 is 2.36 bits per heavy atom. The van der Waals surface area contributed by atoms with Crippen molar-refractivity contribution in [2.24, 2.45) is 11.8 Å². The zero-order valence-electron chi connectivity index (χ0n) is 22.7. The van der Waals surface area contributed by atoms with Crippen LogP contribution in [0.15, 0.2) is 48.5 Å². The van der Waals surface area contributed by atoms with Gasteiger partial charge in [-0.1, -0.05) is 24.6 Å². The van der Waals surface area contributed by atoms with Gasteiger partial charge in [-0.3, -0.25) is 14.4 Å². The van der Waals surface area contributed by atoms with Crippen molar-refractivity contribution in [3.05, 3.63) is 59.8 Å². The smallest absolute Gasteiger partial charge is 0.307 e. The molecule has 8 heteroatoms. The summed E-state index contributed by atoms with van der Waals surface area (Å²) in [5, 5.41) is 13.4. The molecular formula is C31H37N3O5. The van der Waals surface area contributed by atoms with Gasteiger partial charge in [0.2, 0.25) is 5.91 Å². The van der Waals surface area contributed by atoms with Gasteiger partial charge in [-0.05, 0) is 81.3 Å². The number of aryl methyl sites for hydroxylation is 1.